The van der Waals surface area contributed by atoms with E-state index in [2.05, 4.69) is 25.8 Å². The van der Waals surface area contributed by atoms with Crippen molar-refractivity contribution in [3.05, 3.63) is 53.1 Å². The Hall–Kier alpha value is -1.29. The summed E-state index contributed by atoms with van der Waals surface area (Å²) in [5.74, 6) is 1.30. The fraction of sp³-hybridized carbons (Fsp3) is 0.375. The van der Waals surface area contributed by atoms with Crippen molar-refractivity contribution in [3.8, 4) is 0 Å². The molecule has 0 saturated carbocycles. The molecule has 0 atom stereocenters. The molecule has 5 nitrogen and oxygen atoms in total. The van der Waals surface area contributed by atoms with Gasteiger partial charge in [0.1, 0.15) is 5.82 Å². The van der Waals surface area contributed by atoms with Gasteiger partial charge < -0.3 is 10.6 Å². The molecule has 0 fully saturated rings. The molecule has 24 heavy (non-hydrogen) atoms. The molecule has 2 rings (SSSR count). The van der Waals surface area contributed by atoms with E-state index in [1.54, 1.807) is 24.0 Å². The number of halogens is 2. The Morgan fingerprint density at radius 1 is 1.29 bits per heavy atom. The van der Waals surface area contributed by atoms with E-state index in [0.717, 1.165) is 35.1 Å². The lowest BCUT2D eigenvalue weighted by Gasteiger charge is -2.12. The Labute approximate surface area is 163 Å². The van der Waals surface area contributed by atoms with Gasteiger partial charge in [-0.15, -0.1) is 24.0 Å². The van der Waals surface area contributed by atoms with Crippen LogP contribution in [0.5, 0.6) is 0 Å². The fourth-order valence-electron chi connectivity index (χ4n) is 2.11. The second-order valence-corrected chi connectivity index (χ2v) is 5.84. The molecular weight excluding hydrogens is 440 g/mol. The maximum atomic E-state index is 13.4. The average molecular weight is 463 g/mol. The highest BCUT2D eigenvalue weighted by atomic mass is 127. The molecule has 1 heterocycles. The van der Waals surface area contributed by atoms with Gasteiger partial charge in [-0.3, -0.25) is 5.10 Å². The van der Waals surface area contributed by atoms with E-state index in [1.807, 2.05) is 25.3 Å². The highest BCUT2D eigenvalue weighted by Gasteiger charge is 2.05. The lowest BCUT2D eigenvalue weighted by atomic mass is 10.1. The van der Waals surface area contributed by atoms with Crippen LogP contribution in [-0.2, 0) is 18.8 Å². The van der Waals surface area contributed by atoms with Crippen LogP contribution in [-0.4, -0.2) is 29.0 Å². The molecule has 1 aromatic heterocycles. The van der Waals surface area contributed by atoms with Crippen molar-refractivity contribution < 1.29 is 4.39 Å². The summed E-state index contributed by atoms with van der Waals surface area (Å²) < 4.78 is 13.4. The smallest absolute Gasteiger partial charge is 0.191 e. The first-order valence-corrected chi connectivity index (χ1v) is 8.89. The lowest BCUT2D eigenvalue weighted by molar-refractivity contribution is 0.625. The van der Waals surface area contributed by atoms with Crippen LogP contribution in [0, 0.1) is 5.82 Å². The van der Waals surface area contributed by atoms with Gasteiger partial charge in [-0.25, -0.2) is 9.38 Å². The first-order chi connectivity index (χ1) is 11.2. The third-order valence-electron chi connectivity index (χ3n) is 3.22. The number of thioether (sulfide) groups is 1. The van der Waals surface area contributed by atoms with Crippen molar-refractivity contribution >= 4 is 41.7 Å². The monoisotopic (exact) mass is 463 g/mol. The van der Waals surface area contributed by atoms with Crippen LogP contribution in [0.25, 0.3) is 0 Å². The van der Waals surface area contributed by atoms with E-state index in [9.17, 15) is 4.39 Å². The number of benzene rings is 1. The molecular formula is C16H23FIN5S. The van der Waals surface area contributed by atoms with Gasteiger partial charge >= 0.3 is 0 Å². The van der Waals surface area contributed by atoms with Crippen LogP contribution in [0.1, 0.15) is 23.7 Å². The Balaban J connectivity index is 0.00000288. The van der Waals surface area contributed by atoms with Crippen molar-refractivity contribution in [2.24, 2.45) is 4.99 Å². The summed E-state index contributed by atoms with van der Waals surface area (Å²) in [6.07, 6.45) is 3.72. The Bertz CT molecular complexity index is 633. The summed E-state index contributed by atoms with van der Waals surface area (Å²) in [7, 11) is 0. The number of hydrogen-bond acceptors (Lipinski definition) is 3. The van der Waals surface area contributed by atoms with Crippen molar-refractivity contribution in [1.82, 2.24) is 20.8 Å². The van der Waals surface area contributed by atoms with Crippen molar-refractivity contribution in [3.63, 3.8) is 0 Å². The largest absolute Gasteiger partial charge is 0.357 e. The Kier molecular flexibility index (Phi) is 9.77. The topological polar surface area (TPSA) is 65.1 Å². The number of rotatable bonds is 7. The second kappa shape index (κ2) is 11.3. The van der Waals surface area contributed by atoms with Crippen LogP contribution in [0.2, 0.25) is 0 Å². The van der Waals surface area contributed by atoms with Gasteiger partial charge in [0.15, 0.2) is 5.96 Å². The van der Waals surface area contributed by atoms with E-state index < -0.39 is 0 Å². The summed E-state index contributed by atoms with van der Waals surface area (Å²) in [5, 5.41) is 13.3. The van der Waals surface area contributed by atoms with Crippen molar-refractivity contribution in [2.75, 3.05) is 12.8 Å². The third-order valence-corrected chi connectivity index (χ3v) is 3.82. The molecule has 0 unspecified atom stereocenters. The molecule has 0 amide bonds. The summed E-state index contributed by atoms with van der Waals surface area (Å²) in [4.78, 5) is 4.58. The molecule has 3 N–H and O–H groups in total. The SMILES string of the molecule is CCNC(=NCc1ccc(F)cc1CSC)NCc1ccn[nH]1.I. The Morgan fingerprint density at radius 3 is 2.79 bits per heavy atom. The molecule has 0 aliphatic carbocycles. The van der Waals surface area contributed by atoms with E-state index in [-0.39, 0.29) is 29.8 Å². The van der Waals surface area contributed by atoms with Gasteiger partial charge in [0, 0.05) is 18.5 Å². The highest BCUT2D eigenvalue weighted by Crippen LogP contribution is 2.17. The zero-order chi connectivity index (χ0) is 16.5. The first-order valence-electron chi connectivity index (χ1n) is 7.49. The molecule has 8 heteroatoms. The van der Waals surface area contributed by atoms with E-state index >= 15 is 0 Å². The number of H-pyrrole nitrogens is 1. The van der Waals surface area contributed by atoms with Gasteiger partial charge in [-0.05, 0) is 42.5 Å². The molecule has 0 spiro atoms. The minimum absolute atomic E-state index is 0. The number of hydrogen-bond donors (Lipinski definition) is 3. The number of nitrogens with one attached hydrogen (secondary N) is 3. The summed E-state index contributed by atoms with van der Waals surface area (Å²) in [6, 6.07) is 6.79. The molecule has 1 aromatic carbocycles. The zero-order valence-electron chi connectivity index (χ0n) is 13.8. The molecule has 0 aliphatic rings. The van der Waals surface area contributed by atoms with E-state index in [0.29, 0.717) is 13.1 Å². The predicted octanol–water partition coefficient (Wildman–Crippen LogP) is 3.29. The van der Waals surface area contributed by atoms with Crippen LogP contribution in [0.15, 0.2) is 35.5 Å². The minimum Gasteiger partial charge on any atom is -0.357 e. The summed E-state index contributed by atoms with van der Waals surface area (Å²) in [5.41, 5.74) is 3.02. The molecule has 0 radical (unpaired) electrons. The van der Waals surface area contributed by atoms with Crippen LogP contribution >= 0.6 is 35.7 Å². The lowest BCUT2D eigenvalue weighted by Crippen LogP contribution is -2.36. The van der Waals surface area contributed by atoms with Gasteiger partial charge in [-0.1, -0.05) is 6.07 Å². The number of aliphatic imine (C=N–C) groups is 1. The summed E-state index contributed by atoms with van der Waals surface area (Å²) >= 11 is 1.67. The van der Waals surface area contributed by atoms with Crippen LogP contribution in [0.4, 0.5) is 4.39 Å². The first kappa shape index (κ1) is 20.8. The average Bonchev–Trinajstić information content (AvgIpc) is 3.05. The highest BCUT2D eigenvalue weighted by molar-refractivity contribution is 14.0. The zero-order valence-corrected chi connectivity index (χ0v) is 17.0. The second-order valence-electron chi connectivity index (χ2n) is 4.98. The van der Waals surface area contributed by atoms with Gasteiger partial charge in [0.2, 0.25) is 0 Å². The molecule has 0 saturated heterocycles. The van der Waals surface area contributed by atoms with E-state index in [1.165, 1.54) is 6.07 Å². The quantitative estimate of drug-likeness (QED) is 0.335. The van der Waals surface area contributed by atoms with Gasteiger partial charge in [0.05, 0.1) is 18.8 Å². The third kappa shape index (κ3) is 6.68. The van der Waals surface area contributed by atoms with Crippen molar-refractivity contribution in [2.45, 2.75) is 25.8 Å². The molecule has 0 aliphatic heterocycles. The van der Waals surface area contributed by atoms with Crippen LogP contribution < -0.4 is 10.6 Å². The Morgan fingerprint density at radius 2 is 2.12 bits per heavy atom. The maximum absolute atomic E-state index is 13.4. The minimum atomic E-state index is -0.203. The number of aromatic amines is 1. The molecule has 0 bridgehead atoms. The standard InChI is InChI=1S/C16H22FN5S.HI/c1-3-18-16(20-10-15-6-7-21-22-15)19-9-12-4-5-14(17)8-13(12)11-23-2;/h4-8H,3,9-11H2,1-2H3,(H,21,22)(H2,18,19,20);1H. The number of nitrogens with zero attached hydrogens (tertiary/aromatic N) is 2. The fourth-order valence-corrected chi connectivity index (χ4v) is 2.69. The maximum Gasteiger partial charge on any atom is 0.191 e. The molecule has 132 valence electrons. The van der Waals surface area contributed by atoms with Crippen LogP contribution in [0.3, 0.4) is 0 Å². The van der Waals surface area contributed by atoms with Gasteiger partial charge in [0.25, 0.3) is 0 Å². The molecule has 2 aromatic rings. The normalized spacial score (nSPS) is 11.0. The van der Waals surface area contributed by atoms with Crippen molar-refractivity contribution in [1.29, 1.82) is 0 Å². The predicted molar refractivity (Wildman–Crippen MR) is 109 cm³/mol. The number of aromatic nitrogens is 2. The van der Waals surface area contributed by atoms with Gasteiger partial charge in [-0.2, -0.15) is 16.9 Å². The van der Waals surface area contributed by atoms with E-state index in [4.69, 9.17) is 0 Å². The summed E-state index contributed by atoms with van der Waals surface area (Å²) in [6.45, 7) is 3.92. The number of guanidine groups is 1.